The first-order valence-corrected chi connectivity index (χ1v) is 9.26. The lowest BCUT2D eigenvalue weighted by Gasteiger charge is -2.12. The maximum atomic E-state index is 5.35. The van der Waals surface area contributed by atoms with E-state index in [1.54, 1.807) is 14.2 Å². The molecule has 28 heavy (non-hydrogen) atoms. The molecule has 0 saturated carbocycles. The van der Waals surface area contributed by atoms with E-state index in [4.69, 9.17) is 9.47 Å². The molecule has 2 aromatic carbocycles. The molecule has 0 aliphatic rings. The van der Waals surface area contributed by atoms with Gasteiger partial charge in [-0.1, -0.05) is 36.4 Å². The number of nitrogens with one attached hydrogen (secondary N) is 2. The summed E-state index contributed by atoms with van der Waals surface area (Å²) in [4.78, 5) is 9.04. The van der Waals surface area contributed by atoms with E-state index >= 15 is 0 Å². The molecule has 6 heteroatoms. The fraction of sp³-hybridized carbons (Fsp3) is 0.273. The second-order valence-electron chi connectivity index (χ2n) is 6.42. The quantitative estimate of drug-likeness (QED) is 0.585. The summed E-state index contributed by atoms with van der Waals surface area (Å²) in [5.41, 5.74) is 3.26. The highest BCUT2D eigenvalue weighted by Gasteiger charge is 2.06. The number of nitrogens with zero attached hydrogens (tertiary/aromatic N) is 2. The van der Waals surface area contributed by atoms with Crippen molar-refractivity contribution < 1.29 is 9.47 Å². The Labute approximate surface area is 166 Å². The monoisotopic (exact) mass is 378 g/mol. The van der Waals surface area contributed by atoms with Crippen molar-refractivity contribution in [3.63, 3.8) is 0 Å². The number of aromatic nitrogens is 2. The summed E-state index contributed by atoms with van der Waals surface area (Å²) < 4.78 is 10.6. The minimum absolute atomic E-state index is 0.591. The molecule has 1 heterocycles. The molecule has 0 unspecified atom stereocenters. The number of rotatable bonds is 9. The highest BCUT2D eigenvalue weighted by molar-refractivity contribution is 5.45. The second kappa shape index (κ2) is 9.60. The van der Waals surface area contributed by atoms with Gasteiger partial charge in [-0.05, 0) is 36.6 Å². The smallest absolute Gasteiger partial charge is 0.225 e. The third kappa shape index (κ3) is 5.36. The molecule has 0 amide bonds. The first-order valence-electron chi connectivity index (χ1n) is 9.26. The number of hydrogen-bond donors (Lipinski definition) is 2. The Morgan fingerprint density at radius 3 is 2.36 bits per heavy atom. The van der Waals surface area contributed by atoms with Crippen molar-refractivity contribution in [2.24, 2.45) is 0 Å². The fourth-order valence-corrected chi connectivity index (χ4v) is 2.89. The summed E-state index contributed by atoms with van der Waals surface area (Å²) in [5, 5.41) is 6.66. The average Bonchev–Trinajstić information content (AvgIpc) is 2.72. The number of hydrogen-bond acceptors (Lipinski definition) is 6. The van der Waals surface area contributed by atoms with Crippen molar-refractivity contribution in [2.45, 2.75) is 19.9 Å². The maximum Gasteiger partial charge on any atom is 0.225 e. The van der Waals surface area contributed by atoms with E-state index in [1.165, 1.54) is 5.56 Å². The van der Waals surface area contributed by atoms with E-state index in [-0.39, 0.29) is 0 Å². The van der Waals surface area contributed by atoms with Gasteiger partial charge in [0.25, 0.3) is 0 Å². The zero-order valence-corrected chi connectivity index (χ0v) is 16.5. The number of ether oxygens (including phenoxy) is 2. The highest BCUT2D eigenvalue weighted by Crippen LogP contribution is 2.27. The molecule has 0 atom stereocenters. The molecule has 3 rings (SSSR count). The van der Waals surface area contributed by atoms with E-state index in [0.29, 0.717) is 24.0 Å². The molecule has 146 valence electrons. The van der Waals surface area contributed by atoms with Crippen molar-refractivity contribution in [3.8, 4) is 11.5 Å². The van der Waals surface area contributed by atoms with Crippen LogP contribution >= 0.6 is 0 Å². The van der Waals surface area contributed by atoms with Crippen LogP contribution < -0.4 is 20.1 Å². The van der Waals surface area contributed by atoms with E-state index in [1.807, 2.05) is 37.3 Å². The molecule has 6 nitrogen and oxygen atoms in total. The van der Waals surface area contributed by atoms with Crippen molar-refractivity contribution in [2.75, 3.05) is 31.4 Å². The van der Waals surface area contributed by atoms with E-state index in [2.05, 4.69) is 44.9 Å². The summed E-state index contributed by atoms with van der Waals surface area (Å²) in [6.45, 7) is 3.37. The highest BCUT2D eigenvalue weighted by atomic mass is 16.5. The molecule has 0 spiro atoms. The van der Waals surface area contributed by atoms with E-state index in [9.17, 15) is 0 Å². The lowest BCUT2D eigenvalue weighted by molar-refractivity contribution is 0.354. The molecule has 1 aromatic heterocycles. The Morgan fingerprint density at radius 1 is 0.821 bits per heavy atom. The van der Waals surface area contributed by atoms with Crippen molar-refractivity contribution in [1.29, 1.82) is 0 Å². The SMILES string of the molecule is COc1ccc(CNc2nc(C)cc(NCCc3ccccc3)n2)cc1OC. The molecule has 0 saturated heterocycles. The van der Waals surface area contributed by atoms with Gasteiger partial charge in [0.2, 0.25) is 5.95 Å². The largest absolute Gasteiger partial charge is 0.493 e. The van der Waals surface area contributed by atoms with Gasteiger partial charge in [-0.3, -0.25) is 0 Å². The number of anilines is 2. The lowest BCUT2D eigenvalue weighted by atomic mass is 10.1. The van der Waals surface area contributed by atoms with Gasteiger partial charge >= 0.3 is 0 Å². The average molecular weight is 378 g/mol. The zero-order chi connectivity index (χ0) is 19.8. The minimum Gasteiger partial charge on any atom is -0.493 e. The van der Waals surface area contributed by atoms with Crippen LogP contribution in [0, 0.1) is 6.92 Å². The maximum absolute atomic E-state index is 5.35. The predicted octanol–water partition coefficient (Wildman–Crippen LogP) is 4.07. The molecule has 0 radical (unpaired) electrons. The topological polar surface area (TPSA) is 68.3 Å². The van der Waals surface area contributed by atoms with Crippen LogP contribution in [-0.4, -0.2) is 30.7 Å². The van der Waals surface area contributed by atoms with Crippen LogP contribution in [0.2, 0.25) is 0 Å². The van der Waals surface area contributed by atoms with Gasteiger partial charge in [0, 0.05) is 24.8 Å². The summed E-state index contributed by atoms with van der Waals surface area (Å²) in [6, 6.07) is 18.2. The van der Waals surface area contributed by atoms with Gasteiger partial charge in [-0.25, -0.2) is 4.98 Å². The van der Waals surface area contributed by atoms with Gasteiger partial charge in [0.05, 0.1) is 14.2 Å². The number of methoxy groups -OCH3 is 2. The van der Waals surface area contributed by atoms with Crippen LogP contribution in [0.4, 0.5) is 11.8 Å². The fourth-order valence-electron chi connectivity index (χ4n) is 2.89. The Kier molecular flexibility index (Phi) is 6.68. The summed E-state index contributed by atoms with van der Waals surface area (Å²) in [6.07, 6.45) is 0.943. The zero-order valence-electron chi connectivity index (χ0n) is 16.5. The predicted molar refractivity (Wildman–Crippen MR) is 112 cm³/mol. The van der Waals surface area contributed by atoms with E-state index in [0.717, 1.165) is 30.0 Å². The Bertz CT molecular complexity index is 900. The number of benzene rings is 2. The van der Waals surface area contributed by atoms with Crippen LogP contribution in [0.15, 0.2) is 54.6 Å². The molecule has 0 bridgehead atoms. The van der Waals surface area contributed by atoms with Crippen LogP contribution in [-0.2, 0) is 13.0 Å². The molecule has 0 aliphatic carbocycles. The van der Waals surface area contributed by atoms with Crippen molar-refractivity contribution in [3.05, 3.63) is 71.4 Å². The van der Waals surface area contributed by atoms with Gasteiger partial charge in [0.15, 0.2) is 11.5 Å². The summed E-state index contributed by atoms with van der Waals surface area (Å²) in [7, 11) is 3.26. The summed E-state index contributed by atoms with van der Waals surface area (Å²) in [5.74, 6) is 2.83. The first kappa shape index (κ1) is 19.5. The molecule has 2 N–H and O–H groups in total. The molecular formula is C22H26N4O2. The standard InChI is InChI=1S/C22H26N4O2/c1-16-13-21(23-12-11-17-7-5-4-6-8-17)26-22(25-16)24-15-18-9-10-19(27-2)20(14-18)28-3/h4-10,13-14H,11-12,15H2,1-3H3,(H2,23,24,25,26). The van der Waals surface area contributed by atoms with Gasteiger partial charge in [0.1, 0.15) is 5.82 Å². The van der Waals surface area contributed by atoms with Gasteiger partial charge in [-0.15, -0.1) is 0 Å². The van der Waals surface area contributed by atoms with Crippen molar-refractivity contribution in [1.82, 2.24) is 9.97 Å². The van der Waals surface area contributed by atoms with Crippen LogP contribution in [0.5, 0.6) is 11.5 Å². The van der Waals surface area contributed by atoms with Crippen LogP contribution in [0.25, 0.3) is 0 Å². The molecular weight excluding hydrogens is 352 g/mol. The van der Waals surface area contributed by atoms with Crippen molar-refractivity contribution >= 4 is 11.8 Å². The normalized spacial score (nSPS) is 10.4. The van der Waals surface area contributed by atoms with Crippen LogP contribution in [0.3, 0.4) is 0 Å². The summed E-state index contributed by atoms with van der Waals surface area (Å²) >= 11 is 0. The molecule has 3 aromatic rings. The van der Waals surface area contributed by atoms with Crippen LogP contribution in [0.1, 0.15) is 16.8 Å². The second-order valence-corrected chi connectivity index (χ2v) is 6.42. The Hall–Kier alpha value is -3.28. The Balaban J connectivity index is 1.60. The molecule has 0 aliphatic heterocycles. The lowest BCUT2D eigenvalue weighted by Crippen LogP contribution is -2.10. The van der Waals surface area contributed by atoms with Gasteiger partial charge < -0.3 is 20.1 Å². The first-order chi connectivity index (χ1) is 13.7. The molecule has 0 fully saturated rings. The van der Waals surface area contributed by atoms with E-state index < -0.39 is 0 Å². The van der Waals surface area contributed by atoms with Gasteiger partial charge in [-0.2, -0.15) is 4.98 Å². The Morgan fingerprint density at radius 2 is 1.61 bits per heavy atom. The number of aryl methyl sites for hydroxylation is 1. The third-order valence-corrected chi connectivity index (χ3v) is 4.32. The third-order valence-electron chi connectivity index (χ3n) is 4.32. The minimum atomic E-state index is 0.591.